The normalized spacial score (nSPS) is 17.7. The molecule has 1 aromatic carbocycles. The van der Waals surface area contributed by atoms with E-state index in [1.165, 1.54) is 6.07 Å². The van der Waals surface area contributed by atoms with Gasteiger partial charge in [0.25, 0.3) is 0 Å². The van der Waals surface area contributed by atoms with Crippen LogP contribution in [-0.2, 0) is 10.0 Å². The third-order valence-corrected chi connectivity index (χ3v) is 3.82. The Morgan fingerprint density at radius 2 is 2.12 bits per heavy atom. The summed E-state index contributed by atoms with van der Waals surface area (Å²) in [4.78, 5) is 6.55. The number of anilines is 1. The minimum atomic E-state index is -3.64. The molecule has 2 aliphatic heterocycles. The van der Waals surface area contributed by atoms with Gasteiger partial charge in [-0.2, -0.15) is 0 Å². The highest BCUT2D eigenvalue weighted by Gasteiger charge is 2.23. The van der Waals surface area contributed by atoms with Crippen molar-refractivity contribution in [1.82, 2.24) is 0 Å². The number of rotatable bonds is 1. The van der Waals surface area contributed by atoms with Gasteiger partial charge in [-0.25, -0.2) is 13.6 Å². The Kier molecular flexibility index (Phi) is 2.11. The fraction of sp³-hybridized carbons (Fsp3) is 0.182. The van der Waals surface area contributed by atoms with Crippen LogP contribution in [0.1, 0.15) is 5.56 Å². The highest BCUT2D eigenvalue weighted by atomic mass is 32.2. The van der Waals surface area contributed by atoms with Crippen molar-refractivity contribution in [2.45, 2.75) is 4.90 Å². The van der Waals surface area contributed by atoms with E-state index in [0.717, 1.165) is 30.2 Å². The molecule has 0 saturated carbocycles. The van der Waals surface area contributed by atoms with Gasteiger partial charge in [-0.05, 0) is 35.9 Å². The zero-order chi connectivity index (χ0) is 12.0. The maximum absolute atomic E-state index is 11.3. The van der Waals surface area contributed by atoms with Crippen LogP contribution in [0.25, 0.3) is 6.08 Å². The average Bonchev–Trinajstić information content (AvgIpc) is 2.75. The fourth-order valence-electron chi connectivity index (χ4n) is 2.10. The van der Waals surface area contributed by atoms with E-state index in [4.69, 9.17) is 5.14 Å². The molecule has 2 N–H and O–H groups in total. The smallest absolute Gasteiger partial charge is 0.238 e. The van der Waals surface area contributed by atoms with Gasteiger partial charge in [0.15, 0.2) is 0 Å². The molecule has 5 nitrogen and oxygen atoms in total. The number of sulfonamides is 1. The Labute approximate surface area is 99.3 Å². The van der Waals surface area contributed by atoms with Gasteiger partial charge in [0.1, 0.15) is 5.84 Å². The quantitative estimate of drug-likeness (QED) is 0.791. The predicted molar refractivity (Wildman–Crippen MR) is 66.5 cm³/mol. The predicted octanol–water partition coefficient (Wildman–Crippen LogP) is 0.579. The summed E-state index contributed by atoms with van der Waals surface area (Å²) >= 11 is 0. The zero-order valence-electron chi connectivity index (χ0n) is 9.00. The Morgan fingerprint density at radius 1 is 1.29 bits per heavy atom. The van der Waals surface area contributed by atoms with Crippen molar-refractivity contribution in [1.29, 1.82) is 0 Å². The first kappa shape index (κ1) is 10.5. The lowest BCUT2D eigenvalue weighted by atomic mass is 10.1. The Balaban J connectivity index is 2.15. The summed E-state index contributed by atoms with van der Waals surface area (Å²) in [6.45, 7) is 1.61. The minimum Gasteiger partial charge on any atom is -0.324 e. The Morgan fingerprint density at radius 3 is 2.88 bits per heavy atom. The number of nitrogens with zero attached hydrogens (tertiary/aromatic N) is 2. The summed E-state index contributed by atoms with van der Waals surface area (Å²) in [5.74, 6) is 0.931. The molecule has 0 bridgehead atoms. The number of nitrogens with two attached hydrogens (primary N) is 1. The van der Waals surface area contributed by atoms with E-state index in [2.05, 4.69) is 9.89 Å². The van der Waals surface area contributed by atoms with Crippen molar-refractivity contribution in [2.24, 2.45) is 10.1 Å². The van der Waals surface area contributed by atoms with Gasteiger partial charge in [-0.1, -0.05) is 0 Å². The second-order valence-electron chi connectivity index (χ2n) is 3.99. The molecule has 0 fully saturated rings. The zero-order valence-corrected chi connectivity index (χ0v) is 9.81. The minimum absolute atomic E-state index is 0.139. The number of hydrogen-bond acceptors (Lipinski definition) is 4. The summed E-state index contributed by atoms with van der Waals surface area (Å²) in [6, 6.07) is 4.90. The van der Waals surface area contributed by atoms with Crippen LogP contribution in [0.15, 0.2) is 34.2 Å². The third kappa shape index (κ3) is 1.65. The molecule has 0 radical (unpaired) electrons. The Bertz CT molecular complexity index is 647. The van der Waals surface area contributed by atoms with Crippen LogP contribution in [0.3, 0.4) is 0 Å². The lowest BCUT2D eigenvalue weighted by Crippen LogP contribution is -2.28. The van der Waals surface area contributed by atoms with Crippen molar-refractivity contribution in [3.63, 3.8) is 0 Å². The number of amidine groups is 1. The van der Waals surface area contributed by atoms with Crippen molar-refractivity contribution in [3.05, 3.63) is 29.8 Å². The number of primary sulfonamides is 1. The van der Waals surface area contributed by atoms with E-state index < -0.39 is 10.0 Å². The molecule has 2 heterocycles. The molecule has 0 atom stereocenters. The van der Waals surface area contributed by atoms with Gasteiger partial charge in [-0.3, -0.25) is 4.99 Å². The maximum atomic E-state index is 11.3. The molecule has 0 aromatic heterocycles. The van der Waals surface area contributed by atoms with Crippen molar-refractivity contribution < 1.29 is 8.42 Å². The second kappa shape index (κ2) is 3.41. The summed E-state index contributed by atoms with van der Waals surface area (Å²) in [7, 11) is -3.64. The molecule has 6 heteroatoms. The lowest BCUT2D eigenvalue weighted by molar-refractivity contribution is 0.598. The van der Waals surface area contributed by atoms with Gasteiger partial charge in [-0.15, -0.1) is 0 Å². The summed E-state index contributed by atoms with van der Waals surface area (Å²) in [5, 5.41) is 5.11. The molecule has 3 rings (SSSR count). The van der Waals surface area contributed by atoms with Crippen LogP contribution in [0.2, 0.25) is 0 Å². The van der Waals surface area contributed by atoms with Crippen LogP contribution >= 0.6 is 0 Å². The number of benzene rings is 1. The van der Waals surface area contributed by atoms with Gasteiger partial charge in [0.2, 0.25) is 10.0 Å². The molecule has 0 aliphatic carbocycles. The van der Waals surface area contributed by atoms with Crippen LogP contribution < -0.4 is 10.0 Å². The van der Waals surface area contributed by atoms with Crippen LogP contribution in [0.5, 0.6) is 0 Å². The third-order valence-electron chi connectivity index (χ3n) is 2.90. The van der Waals surface area contributed by atoms with E-state index >= 15 is 0 Å². The van der Waals surface area contributed by atoms with E-state index in [9.17, 15) is 8.42 Å². The lowest BCUT2D eigenvalue weighted by Gasteiger charge is -2.24. The van der Waals surface area contributed by atoms with Gasteiger partial charge >= 0.3 is 0 Å². The Hall–Kier alpha value is -1.66. The standard InChI is InChI=1S/C11H11N3O2S/c12-17(15,16)9-2-3-10-8(7-9)1-4-11-13-5-6-14(10)11/h1-4,7H,5-6H2,(H2,12,15,16). The highest BCUT2D eigenvalue weighted by molar-refractivity contribution is 7.89. The first-order valence-corrected chi connectivity index (χ1v) is 6.77. The van der Waals surface area contributed by atoms with E-state index in [1.807, 2.05) is 12.2 Å². The monoisotopic (exact) mass is 249 g/mol. The second-order valence-corrected chi connectivity index (χ2v) is 5.55. The molecular formula is C11H11N3O2S. The summed E-state index contributed by atoms with van der Waals surface area (Å²) < 4.78 is 22.5. The van der Waals surface area contributed by atoms with Crippen LogP contribution in [-0.4, -0.2) is 27.3 Å². The van der Waals surface area contributed by atoms with Gasteiger partial charge < -0.3 is 4.90 Å². The number of fused-ring (bicyclic) bond motifs is 3. The van der Waals surface area contributed by atoms with Crippen molar-refractivity contribution in [3.8, 4) is 0 Å². The highest BCUT2D eigenvalue weighted by Crippen LogP contribution is 2.30. The number of aliphatic imine (C=N–C) groups is 1. The molecular weight excluding hydrogens is 238 g/mol. The van der Waals surface area contributed by atoms with E-state index in [1.54, 1.807) is 12.1 Å². The molecule has 2 aliphatic rings. The molecule has 0 saturated heterocycles. The first-order valence-electron chi connectivity index (χ1n) is 5.23. The number of hydrogen-bond donors (Lipinski definition) is 1. The molecule has 17 heavy (non-hydrogen) atoms. The van der Waals surface area contributed by atoms with Crippen molar-refractivity contribution >= 4 is 27.6 Å². The summed E-state index contributed by atoms with van der Waals surface area (Å²) in [5.41, 5.74) is 1.84. The van der Waals surface area contributed by atoms with E-state index in [-0.39, 0.29) is 4.90 Å². The molecule has 0 amide bonds. The maximum Gasteiger partial charge on any atom is 0.238 e. The summed E-state index contributed by atoms with van der Waals surface area (Å²) in [6.07, 6.45) is 3.76. The van der Waals surface area contributed by atoms with Crippen LogP contribution in [0, 0.1) is 0 Å². The molecule has 0 unspecified atom stereocenters. The van der Waals surface area contributed by atoms with Gasteiger partial charge in [0.05, 0.1) is 11.4 Å². The fourth-order valence-corrected chi connectivity index (χ4v) is 2.65. The van der Waals surface area contributed by atoms with E-state index in [0.29, 0.717) is 0 Å². The van der Waals surface area contributed by atoms with Crippen molar-refractivity contribution in [2.75, 3.05) is 18.0 Å². The first-order chi connectivity index (χ1) is 8.05. The molecule has 88 valence electrons. The SMILES string of the molecule is NS(=O)(=O)c1ccc2c(c1)C=CC1=NCCN12. The largest absolute Gasteiger partial charge is 0.324 e. The molecule has 1 aromatic rings. The topological polar surface area (TPSA) is 75.8 Å². The average molecular weight is 249 g/mol. The van der Waals surface area contributed by atoms with Crippen LogP contribution in [0.4, 0.5) is 5.69 Å². The molecule has 0 spiro atoms. The van der Waals surface area contributed by atoms with Gasteiger partial charge in [0, 0.05) is 12.2 Å².